The monoisotopic (exact) mass is 478 g/mol. The molecular weight excluding hydrogens is 444 g/mol. The van der Waals surface area contributed by atoms with Crippen LogP contribution in [-0.4, -0.2) is 54.2 Å². The van der Waals surface area contributed by atoms with Gasteiger partial charge in [0.1, 0.15) is 6.61 Å². The molecule has 0 radical (unpaired) electrons. The fourth-order valence-electron chi connectivity index (χ4n) is 5.32. The zero-order valence-corrected chi connectivity index (χ0v) is 20.5. The van der Waals surface area contributed by atoms with Crippen molar-refractivity contribution in [1.29, 1.82) is 0 Å². The van der Waals surface area contributed by atoms with Gasteiger partial charge >= 0.3 is 12.1 Å². The molecule has 1 fully saturated rings. The van der Waals surface area contributed by atoms with Gasteiger partial charge in [0.25, 0.3) is 0 Å². The molecule has 0 spiro atoms. The van der Waals surface area contributed by atoms with Crippen LogP contribution in [0.3, 0.4) is 0 Å². The maximum atomic E-state index is 13.1. The van der Waals surface area contributed by atoms with E-state index in [0.29, 0.717) is 26.1 Å². The third-order valence-electron chi connectivity index (χ3n) is 7.21. The Kier molecular flexibility index (Phi) is 7.43. The summed E-state index contributed by atoms with van der Waals surface area (Å²) in [7, 11) is 0. The standard InChI is InChI=1S/C28H34N2O5/c1-28(2,26(33)30-15-7-8-19(17-30)16-25(31)32)13-14-29-27(34)35-18-24-22-11-5-3-9-20(22)21-10-4-6-12-23(21)24/h3-6,9-12,19,24H,7-8,13-18H2,1-2H3,(H,29,34)(H,31,32). The number of fused-ring (bicyclic) bond motifs is 3. The fraction of sp³-hybridized carbons (Fsp3) is 0.464. The number of ether oxygens (including phenoxy) is 1. The second-order valence-corrected chi connectivity index (χ2v) is 10.2. The summed E-state index contributed by atoms with van der Waals surface area (Å²) >= 11 is 0. The van der Waals surface area contributed by atoms with Crippen LogP contribution < -0.4 is 5.32 Å². The van der Waals surface area contributed by atoms with Crippen LogP contribution in [0.1, 0.15) is 56.6 Å². The molecular formula is C28H34N2O5. The highest BCUT2D eigenvalue weighted by Gasteiger charge is 2.35. The second-order valence-electron chi connectivity index (χ2n) is 10.2. The van der Waals surface area contributed by atoms with Crippen molar-refractivity contribution >= 4 is 18.0 Å². The number of benzene rings is 2. The molecule has 2 aromatic carbocycles. The normalized spacial score (nSPS) is 17.4. The van der Waals surface area contributed by atoms with Gasteiger partial charge in [0.05, 0.1) is 0 Å². The first-order chi connectivity index (χ1) is 16.8. The van der Waals surface area contributed by atoms with Gasteiger partial charge in [-0.3, -0.25) is 9.59 Å². The zero-order chi connectivity index (χ0) is 25.0. The number of alkyl carbamates (subject to hydrolysis) is 1. The minimum atomic E-state index is -0.823. The number of hydrogen-bond acceptors (Lipinski definition) is 4. The van der Waals surface area contributed by atoms with Crippen LogP contribution in [0.4, 0.5) is 4.79 Å². The Labute approximate surface area is 206 Å². The SMILES string of the molecule is CC(C)(CCNC(=O)OCC1c2ccccc2-c2ccccc21)C(=O)N1CCCC(CC(=O)O)C1. The number of piperidine rings is 1. The summed E-state index contributed by atoms with van der Waals surface area (Å²) in [5.41, 5.74) is 4.02. The molecule has 2 aliphatic rings. The first-order valence-corrected chi connectivity index (χ1v) is 12.4. The van der Waals surface area contributed by atoms with Crippen LogP contribution >= 0.6 is 0 Å². The van der Waals surface area contributed by atoms with Crippen molar-refractivity contribution in [3.8, 4) is 11.1 Å². The lowest BCUT2D eigenvalue weighted by Crippen LogP contribution is -2.47. The van der Waals surface area contributed by atoms with E-state index < -0.39 is 17.5 Å². The molecule has 7 nitrogen and oxygen atoms in total. The number of carbonyl (C=O) groups is 3. The highest BCUT2D eigenvalue weighted by atomic mass is 16.5. The van der Waals surface area contributed by atoms with E-state index >= 15 is 0 Å². The number of likely N-dealkylation sites (tertiary alicyclic amines) is 1. The molecule has 2 aromatic rings. The maximum Gasteiger partial charge on any atom is 0.407 e. The minimum absolute atomic E-state index is 0.0000452. The Morgan fingerprint density at radius 1 is 1.06 bits per heavy atom. The predicted molar refractivity (Wildman–Crippen MR) is 133 cm³/mol. The van der Waals surface area contributed by atoms with E-state index in [-0.39, 0.29) is 30.8 Å². The number of amides is 2. The van der Waals surface area contributed by atoms with Crippen molar-refractivity contribution < 1.29 is 24.2 Å². The molecule has 1 aliphatic heterocycles. The molecule has 1 unspecified atom stereocenters. The Balaban J connectivity index is 1.26. The third kappa shape index (κ3) is 5.66. The van der Waals surface area contributed by atoms with Crippen LogP contribution in [-0.2, 0) is 14.3 Å². The number of aliphatic carboxylic acids is 1. The van der Waals surface area contributed by atoms with Gasteiger partial charge in [0.15, 0.2) is 0 Å². The van der Waals surface area contributed by atoms with Gasteiger partial charge in [0, 0.05) is 37.4 Å². The number of carboxylic acid groups (broad SMARTS) is 1. The average Bonchev–Trinajstić information content (AvgIpc) is 3.15. The van der Waals surface area contributed by atoms with Gasteiger partial charge in [-0.05, 0) is 47.4 Å². The summed E-state index contributed by atoms with van der Waals surface area (Å²) in [4.78, 5) is 38.4. The van der Waals surface area contributed by atoms with Crippen molar-refractivity contribution in [2.24, 2.45) is 11.3 Å². The molecule has 4 rings (SSSR count). The van der Waals surface area contributed by atoms with E-state index in [2.05, 4.69) is 29.6 Å². The molecule has 1 saturated heterocycles. The predicted octanol–water partition coefficient (Wildman–Crippen LogP) is 4.65. The molecule has 1 heterocycles. The molecule has 2 amide bonds. The van der Waals surface area contributed by atoms with Gasteiger partial charge in [0.2, 0.25) is 5.91 Å². The lowest BCUT2D eigenvalue weighted by Gasteiger charge is -2.37. The van der Waals surface area contributed by atoms with E-state index in [0.717, 1.165) is 24.0 Å². The van der Waals surface area contributed by atoms with Crippen LogP contribution in [0, 0.1) is 11.3 Å². The summed E-state index contributed by atoms with van der Waals surface area (Å²) in [5, 5.41) is 11.9. The fourth-order valence-corrected chi connectivity index (χ4v) is 5.32. The summed E-state index contributed by atoms with van der Waals surface area (Å²) in [5.74, 6) is -0.818. The van der Waals surface area contributed by atoms with E-state index in [9.17, 15) is 14.4 Å². The van der Waals surface area contributed by atoms with E-state index in [1.54, 1.807) is 4.90 Å². The van der Waals surface area contributed by atoms with E-state index in [4.69, 9.17) is 9.84 Å². The summed E-state index contributed by atoms with van der Waals surface area (Å²) < 4.78 is 5.58. The first-order valence-electron chi connectivity index (χ1n) is 12.4. The Bertz CT molecular complexity index is 1050. The lowest BCUT2D eigenvalue weighted by atomic mass is 9.85. The summed E-state index contributed by atoms with van der Waals surface area (Å²) in [6.07, 6.45) is 1.72. The van der Waals surface area contributed by atoms with Crippen molar-refractivity contribution in [2.75, 3.05) is 26.2 Å². The van der Waals surface area contributed by atoms with Crippen molar-refractivity contribution in [1.82, 2.24) is 10.2 Å². The molecule has 2 N–H and O–H groups in total. The van der Waals surface area contributed by atoms with Crippen molar-refractivity contribution in [3.63, 3.8) is 0 Å². The van der Waals surface area contributed by atoms with Crippen molar-refractivity contribution in [2.45, 2.75) is 45.4 Å². The van der Waals surface area contributed by atoms with Crippen LogP contribution in [0.25, 0.3) is 11.1 Å². The van der Waals surface area contributed by atoms with Crippen molar-refractivity contribution in [3.05, 3.63) is 59.7 Å². The molecule has 35 heavy (non-hydrogen) atoms. The quantitative estimate of drug-likeness (QED) is 0.576. The van der Waals surface area contributed by atoms with E-state index in [1.165, 1.54) is 11.1 Å². The maximum absolute atomic E-state index is 13.1. The molecule has 0 saturated carbocycles. The Morgan fingerprint density at radius 2 is 1.69 bits per heavy atom. The second kappa shape index (κ2) is 10.5. The zero-order valence-electron chi connectivity index (χ0n) is 20.5. The smallest absolute Gasteiger partial charge is 0.407 e. The largest absolute Gasteiger partial charge is 0.481 e. The first kappa shape index (κ1) is 24.8. The molecule has 7 heteroatoms. The highest BCUT2D eigenvalue weighted by Crippen LogP contribution is 2.44. The number of carboxylic acids is 1. The number of rotatable bonds is 8. The Hall–Kier alpha value is -3.35. The number of carbonyl (C=O) groups excluding carboxylic acids is 2. The lowest BCUT2D eigenvalue weighted by molar-refractivity contribution is -0.145. The average molecular weight is 479 g/mol. The summed E-state index contributed by atoms with van der Waals surface area (Å²) in [6.45, 7) is 5.44. The third-order valence-corrected chi connectivity index (χ3v) is 7.21. The topological polar surface area (TPSA) is 95.9 Å². The molecule has 1 atom stereocenters. The van der Waals surface area contributed by atoms with Gasteiger partial charge in [-0.2, -0.15) is 0 Å². The number of hydrogen-bond donors (Lipinski definition) is 2. The summed E-state index contributed by atoms with van der Waals surface area (Å²) in [6, 6.07) is 16.4. The van der Waals surface area contributed by atoms with Crippen LogP contribution in [0.5, 0.6) is 0 Å². The Morgan fingerprint density at radius 3 is 2.31 bits per heavy atom. The van der Waals surface area contributed by atoms with Crippen LogP contribution in [0.15, 0.2) is 48.5 Å². The van der Waals surface area contributed by atoms with Gasteiger partial charge in [-0.25, -0.2) is 4.79 Å². The van der Waals surface area contributed by atoms with Gasteiger partial charge in [-0.1, -0.05) is 62.4 Å². The van der Waals surface area contributed by atoms with Gasteiger partial charge in [-0.15, -0.1) is 0 Å². The molecule has 1 aliphatic carbocycles. The highest BCUT2D eigenvalue weighted by molar-refractivity contribution is 5.82. The molecule has 0 bridgehead atoms. The minimum Gasteiger partial charge on any atom is -0.481 e. The van der Waals surface area contributed by atoms with Crippen LogP contribution in [0.2, 0.25) is 0 Å². The van der Waals surface area contributed by atoms with Gasteiger partial charge < -0.3 is 20.1 Å². The number of nitrogens with zero attached hydrogens (tertiary/aromatic N) is 1. The van der Waals surface area contributed by atoms with E-state index in [1.807, 2.05) is 38.1 Å². The molecule has 0 aromatic heterocycles. The molecule has 186 valence electrons. The number of nitrogens with one attached hydrogen (secondary N) is 1.